The number of nitrogens with one attached hydrogen (secondary N) is 2. The molecule has 2 aliphatic rings. The fourth-order valence-electron chi connectivity index (χ4n) is 3.31. The van der Waals surface area contributed by atoms with Gasteiger partial charge in [0.2, 0.25) is 0 Å². The van der Waals surface area contributed by atoms with Gasteiger partial charge in [-0.1, -0.05) is 11.6 Å². The molecule has 0 aliphatic carbocycles. The Balaban J connectivity index is 0.00000243. The molecule has 2 saturated heterocycles. The van der Waals surface area contributed by atoms with Crippen LogP contribution < -0.4 is 10.6 Å². The van der Waals surface area contributed by atoms with Crippen molar-refractivity contribution in [3.8, 4) is 0 Å². The van der Waals surface area contributed by atoms with Gasteiger partial charge in [-0.3, -0.25) is 9.89 Å². The molecule has 0 spiro atoms. The molecule has 2 unspecified atom stereocenters. The summed E-state index contributed by atoms with van der Waals surface area (Å²) in [6.45, 7) is 4.77. The van der Waals surface area contributed by atoms with Crippen LogP contribution in [-0.2, 0) is 4.74 Å². The Morgan fingerprint density at radius 1 is 1.35 bits per heavy atom. The number of thioether (sulfide) groups is 1. The summed E-state index contributed by atoms with van der Waals surface area (Å²) in [5.74, 6) is 1.81. The van der Waals surface area contributed by atoms with Crippen LogP contribution in [0.1, 0.15) is 12.8 Å². The van der Waals surface area contributed by atoms with Crippen molar-refractivity contribution >= 4 is 53.3 Å². The highest BCUT2D eigenvalue weighted by molar-refractivity contribution is 14.0. The average Bonchev–Trinajstić information content (AvgIpc) is 3.10. The number of halogens is 2. The average molecular weight is 511 g/mol. The van der Waals surface area contributed by atoms with Crippen molar-refractivity contribution in [3.63, 3.8) is 0 Å². The van der Waals surface area contributed by atoms with Crippen molar-refractivity contribution in [1.29, 1.82) is 0 Å². The Hall–Kier alpha value is -0.220. The monoisotopic (exact) mass is 510 g/mol. The molecule has 2 fully saturated rings. The van der Waals surface area contributed by atoms with E-state index < -0.39 is 0 Å². The Morgan fingerprint density at radius 3 is 2.92 bits per heavy atom. The van der Waals surface area contributed by atoms with Crippen LogP contribution in [0.2, 0.25) is 5.02 Å². The number of morpholine rings is 1. The molecule has 0 amide bonds. The first-order valence-electron chi connectivity index (χ1n) is 8.93. The van der Waals surface area contributed by atoms with E-state index in [0.717, 1.165) is 43.0 Å². The molecular formula is C18H28ClIN4OS. The predicted molar refractivity (Wildman–Crippen MR) is 121 cm³/mol. The highest BCUT2D eigenvalue weighted by Gasteiger charge is 2.32. The van der Waals surface area contributed by atoms with Gasteiger partial charge < -0.3 is 15.4 Å². The van der Waals surface area contributed by atoms with Crippen molar-refractivity contribution in [1.82, 2.24) is 15.5 Å². The third-order valence-electron chi connectivity index (χ3n) is 4.66. The Kier molecular flexibility index (Phi) is 9.83. The molecule has 5 nitrogen and oxygen atoms in total. The van der Waals surface area contributed by atoms with Gasteiger partial charge in [0.25, 0.3) is 0 Å². The first kappa shape index (κ1) is 22.1. The maximum absolute atomic E-state index is 5.98. The number of aliphatic imine (C=N–C) groups is 1. The Labute approximate surface area is 182 Å². The van der Waals surface area contributed by atoms with Gasteiger partial charge >= 0.3 is 0 Å². The number of ether oxygens (including phenoxy) is 1. The van der Waals surface area contributed by atoms with Crippen LogP contribution in [0.3, 0.4) is 0 Å². The summed E-state index contributed by atoms with van der Waals surface area (Å²) in [4.78, 5) is 8.08. The number of hydrogen-bond donors (Lipinski definition) is 2. The fourth-order valence-corrected chi connectivity index (χ4v) is 4.20. The topological polar surface area (TPSA) is 48.9 Å². The SMILES string of the molecule is CN=C(NCCSc1ccc(Cl)cc1)NCC1CN2CCCC2CO1.I. The minimum absolute atomic E-state index is 0. The van der Waals surface area contributed by atoms with E-state index >= 15 is 0 Å². The quantitative estimate of drug-likeness (QED) is 0.203. The molecule has 3 rings (SSSR count). The normalized spacial score (nSPS) is 23.2. The van der Waals surface area contributed by atoms with E-state index in [1.807, 2.05) is 24.3 Å². The van der Waals surface area contributed by atoms with E-state index in [4.69, 9.17) is 16.3 Å². The highest BCUT2D eigenvalue weighted by Crippen LogP contribution is 2.22. The van der Waals surface area contributed by atoms with Gasteiger partial charge in [0, 0.05) is 48.4 Å². The molecule has 1 aromatic carbocycles. The molecule has 8 heteroatoms. The van der Waals surface area contributed by atoms with Crippen molar-refractivity contribution in [3.05, 3.63) is 29.3 Å². The van der Waals surface area contributed by atoms with Crippen LogP contribution in [-0.4, -0.2) is 68.6 Å². The molecular weight excluding hydrogens is 483 g/mol. The number of nitrogens with zero attached hydrogens (tertiary/aromatic N) is 2. The zero-order valence-electron chi connectivity index (χ0n) is 15.1. The van der Waals surface area contributed by atoms with Crippen LogP contribution in [0.25, 0.3) is 0 Å². The van der Waals surface area contributed by atoms with Crippen LogP contribution in [0, 0.1) is 0 Å². The summed E-state index contributed by atoms with van der Waals surface area (Å²) >= 11 is 7.71. The standard InChI is InChI=1S/C18H27ClN4OS.HI/c1-20-18(21-8-10-25-17-6-4-14(19)5-7-17)22-11-16-12-23-9-2-3-15(23)13-24-16;/h4-7,15-16H,2-3,8-13H2,1H3,(H2,20,21,22);1H. The van der Waals surface area contributed by atoms with Gasteiger partial charge in [-0.05, 0) is 43.7 Å². The number of benzene rings is 1. The first-order valence-corrected chi connectivity index (χ1v) is 10.3. The summed E-state index contributed by atoms with van der Waals surface area (Å²) in [6, 6.07) is 8.59. The van der Waals surface area contributed by atoms with E-state index in [0.29, 0.717) is 6.04 Å². The predicted octanol–water partition coefficient (Wildman–Crippen LogP) is 3.08. The van der Waals surface area contributed by atoms with Crippen molar-refractivity contribution in [2.24, 2.45) is 4.99 Å². The second kappa shape index (κ2) is 11.6. The smallest absolute Gasteiger partial charge is 0.191 e. The van der Waals surface area contributed by atoms with E-state index in [2.05, 4.69) is 20.5 Å². The Bertz CT molecular complexity index is 575. The third-order valence-corrected chi connectivity index (χ3v) is 5.92. The first-order chi connectivity index (χ1) is 12.2. The minimum atomic E-state index is 0. The number of fused-ring (bicyclic) bond motifs is 1. The molecule has 2 N–H and O–H groups in total. The zero-order valence-corrected chi connectivity index (χ0v) is 19.0. The molecule has 26 heavy (non-hydrogen) atoms. The number of hydrogen-bond acceptors (Lipinski definition) is 4. The molecule has 2 atom stereocenters. The van der Waals surface area contributed by atoms with Crippen molar-refractivity contribution in [2.75, 3.05) is 45.6 Å². The molecule has 0 bridgehead atoms. The number of rotatable bonds is 6. The Morgan fingerprint density at radius 2 is 2.15 bits per heavy atom. The summed E-state index contributed by atoms with van der Waals surface area (Å²) in [7, 11) is 1.81. The maximum Gasteiger partial charge on any atom is 0.191 e. The van der Waals surface area contributed by atoms with Crippen molar-refractivity contribution < 1.29 is 4.74 Å². The lowest BCUT2D eigenvalue weighted by molar-refractivity contribution is -0.0453. The second-order valence-electron chi connectivity index (χ2n) is 6.43. The summed E-state index contributed by atoms with van der Waals surface area (Å²) in [5, 5.41) is 7.52. The summed E-state index contributed by atoms with van der Waals surface area (Å²) in [6.07, 6.45) is 2.84. The molecule has 1 aromatic rings. The highest BCUT2D eigenvalue weighted by atomic mass is 127. The van der Waals surface area contributed by atoms with Gasteiger partial charge in [0.1, 0.15) is 0 Å². The van der Waals surface area contributed by atoms with Gasteiger partial charge in [0.05, 0.1) is 12.7 Å². The number of guanidine groups is 1. The molecule has 2 heterocycles. The molecule has 0 aromatic heterocycles. The van der Waals surface area contributed by atoms with Crippen LogP contribution in [0.4, 0.5) is 0 Å². The van der Waals surface area contributed by atoms with Crippen LogP contribution >= 0.6 is 47.3 Å². The lowest BCUT2D eigenvalue weighted by Crippen LogP contribution is -2.51. The molecule has 0 radical (unpaired) electrons. The van der Waals surface area contributed by atoms with Gasteiger partial charge in [-0.15, -0.1) is 35.7 Å². The molecule has 146 valence electrons. The third kappa shape index (κ3) is 6.74. The summed E-state index contributed by atoms with van der Waals surface area (Å²) < 4.78 is 5.98. The lowest BCUT2D eigenvalue weighted by atomic mass is 10.2. The molecule has 2 aliphatic heterocycles. The minimum Gasteiger partial charge on any atom is -0.373 e. The largest absolute Gasteiger partial charge is 0.373 e. The van der Waals surface area contributed by atoms with Crippen LogP contribution in [0.15, 0.2) is 34.2 Å². The van der Waals surface area contributed by atoms with Gasteiger partial charge in [-0.2, -0.15) is 0 Å². The van der Waals surface area contributed by atoms with E-state index in [1.165, 1.54) is 24.3 Å². The zero-order chi connectivity index (χ0) is 17.5. The van der Waals surface area contributed by atoms with Gasteiger partial charge in [0.15, 0.2) is 5.96 Å². The van der Waals surface area contributed by atoms with E-state index in [1.54, 1.807) is 18.8 Å². The van der Waals surface area contributed by atoms with E-state index in [-0.39, 0.29) is 30.1 Å². The summed E-state index contributed by atoms with van der Waals surface area (Å²) in [5.41, 5.74) is 0. The van der Waals surface area contributed by atoms with E-state index in [9.17, 15) is 0 Å². The fraction of sp³-hybridized carbons (Fsp3) is 0.611. The van der Waals surface area contributed by atoms with Crippen LogP contribution in [0.5, 0.6) is 0 Å². The maximum atomic E-state index is 5.98. The van der Waals surface area contributed by atoms with Crippen molar-refractivity contribution in [2.45, 2.75) is 29.9 Å². The second-order valence-corrected chi connectivity index (χ2v) is 8.03. The molecule has 0 saturated carbocycles. The van der Waals surface area contributed by atoms with Gasteiger partial charge in [-0.25, -0.2) is 0 Å². The lowest BCUT2D eigenvalue weighted by Gasteiger charge is -2.35.